The van der Waals surface area contributed by atoms with Crippen LogP contribution in [0.3, 0.4) is 0 Å². The molecule has 2 rings (SSSR count). The van der Waals surface area contributed by atoms with Crippen LogP contribution >= 0.6 is 11.6 Å². The van der Waals surface area contributed by atoms with Crippen molar-refractivity contribution in [1.29, 1.82) is 0 Å². The van der Waals surface area contributed by atoms with Crippen molar-refractivity contribution in [3.63, 3.8) is 0 Å². The van der Waals surface area contributed by atoms with Crippen LogP contribution in [0.5, 0.6) is 0 Å². The predicted molar refractivity (Wildman–Crippen MR) is 67.9 cm³/mol. The molecular weight excluding hydrogens is 236 g/mol. The summed E-state index contributed by atoms with van der Waals surface area (Å²) in [6.07, 6.45) is 3.51. The van der Waals surface area contributed by atoms with Crippen molar-refractivity contribution in [2.24, 2.45) is 0 Å². The van der Waals surface area contributed by atoms with E-state index in [9.17, 15) is 0 Å². The molecule has 0 saturated heterocycles. The highest BCUT2D eigenvalue weighted by Crippen LogP contribution is 2.09. The second-order valence-corrected chi connectivity index (χ2v) is 4.28. The lowest BCUT2D eigenvalue weighted by molar-refractivity contribution is 0.639. The minimum Gasteiger partial charge on any atom is -0.313 e. The van der Waals surface area contributed by atoms with Gasteiger partial charge in [0.05, 0.1) is 0 Å². The van der Waals surface area contributed by atoms with Gasteiger partial charge in [0, 0.05) is 18.0 Å². The van der Waals surface area contributed by atoms with Gasteiger partial charge in [-0.05, 0) is 30.7 Å². The summed E-state index contributed by atoms with van der Waals surface area (Å²) in [7, 11) is 0. The van der Waals surface area contributed by atoms with Gasteiger partial charge in [-0.2, -0.15) is 5.10 Å². The van der Waals surface area contributed by atoms with Crippen molar-refractivity contribution in [2.45, 2.75) is 19.4 Å². The Kier molecular flexibility index (Phi) is 4.53. The minimum absolute atomic E-state index is 0.777. The average Bonchev–Trinajstić information content (AvgIpc) is 2.84. The highest BCUT2D eigenvalue weighted by atomic mass is 35.5. The number of nitrogens with one attached hydrogen (secondary N) is 2. The maximum absolute atomic E-state index is 5.82. The van der Waals surface area contributed by atoms with Crippen molar-refractivity contribution in [3.05, 3.63) is 47.0 Å². The molecule has 0 fully saturated rings. The average molecular weight is 251 g/mol. The topological polar surface area (TPSA) is 53.6 Å². The molecule has 5 heteroatoms. The summed E-state index contributed by atoms with van der Waals surface area (Å²) in [6, 6.07) is 7.89. The van der Waals surface area contributed by atoms with Crippen LogP contribution in [0.4, 0.5) is 0 Å². The van der Waals surface area contributed by atoms with Gasteiger partial charge in [-0.15, -0.1) is 0 Å². The molecule has 1 heterocycles. The summed E-state index contributed by atoms with van der Waals surface area (Å²) in [6.45, 7) is 1.83. The first-order chi connectivity index (χ1) is 8.34. The number of hydrogen-bond acceptors (Lipinski definition) is 3. The number of aromatic nitrogens is 3. The molecule has 0 saturated carbocycles. The van der Waals surface area contributed by atoms with E-state index in [-0.39, 0.29) is 0 Å². The molecular formula is C12H15ClN4. The second-order valence-electron chi connectivity index (χ2n) is 3.84. The number of benzene rings is 1. The third-order valence-electron chi connectivity index (χ3n) is 2.47. The van der Waals surface area contributed by atoms with E-state index >= 15 is 0 Å². The first kappa shape index (κ1) is 12.1. The molecule has 0 aliphatic heterocycles. The fourth-order valence-electron chi connectivity index (χ4n) is 1.57. The third kappa shape index (κ3) is 4.17. The van der Waals surface area contributed by atoms with E-state index in [0.717, 1.165) is 36.8 Å². The molecule has 0 atom stereocenters. The molecule has 4 nitrogen and oxygen atoms in total. The first-order valence-electron chi connectivity index (χ1n) is 5.64. The van der Waals surface area contributed by atoms with E-state index in [1.54, 1.807) is 0 Å². The van der Waals surface area contributed by atoms with Gasteiger partial charge in [0.2, 0.25) is 0 Å². The molecule has 0 unspecified atom stereocenters. The minimum atomic E-state index is 0.777. The van der Waals surface area contributed by atoms with E-state index < -0.39 is 0 Å². The van der Waals surface area contributed by atoms with Gasteiger partial charge >= 0.3 is 0 Å². The van der Waals surface area contributed by atoms with E-state index in [4.69, 9.17) is 11.6 Å². The molecule has 2 N–H and O–H groups in total. The largest absolute Gasteiger partial charge is 0.313 e. The van der Waals surface area contributed by atoms with Crippen molar-refractivity contribution >= 4 is 11.6 Å². The number of H-pyrrole nitrogens is 1. The maximum Gasteiger partial charge on any atom is 0.137 e. The normalized spacial score (nSPS) is 10.6. The summed E-state index contributed by atoms with van der Waals surface area (Å²) in [5.41, 5.74) is 1.24. The Labute approximate surface area is 105 Å². The summed E-state index contributed by atoms with van der Waals surface area (Å²) in [4.78, 5) is 4.07. The number of aryl methyl sites for hydroxylation is 1. The Balaban J connectivity index is 1.61. The van der Waals surface area contributed by atoms with Gasteiger partial charge in [-0.3, -0.25) is 5.10 Å². The second kappa shape index (κ2) is 6.37. The first-order valence-corrected chi connectivity index (χ1v) is 6.02. The van der Waals surface area contributed by atoms with Crippen molar-refractivity contribution in [3.8, 4) is 0 Å². The van der Waals surface area contributed by atoms with Crippen molar-refractivity contribution < 1.29 is 0 Å². The Morgan fingerprint density at radius 2 is 2.06 bits per heavy atom. The van der Waals surface area contributed by atoms with Crippen LogP contribution in [-0.4, -0.2) is 21.7 Å². The summed E-state index contributed by atoms with van der Waals surface area (Å²) in [5.74, 6) is 0.943. The number of rotatable bonds is 6. The van der Waals surface area contributed by atoms with Crippen LogP contribution in [-0.2, 0) is 13.0 Å². The van der Waals surface area contributed by atoms with Crippen molar-refractivity contribution in [2.75, 3.05) is 6.54 Å². The van der Waals surface area contributed by atoms with Crippen LogP contribution in [0, 0.1) is 0 Å². The Morgan fingerprint density at radius 3 is 2.76 bits per heavy atom. The zero-order valence-corrected chi connectivity index (χ0v) is 10.2. The Morgan fingerprint density at radius 1 is 1.24 bits per heavy atom. The SMILES string of the molecule is Clc1ccc(CNCCCc2ncn[nH]2)cc1. The van der Waals surface area contributed by atoms with E-state index in [0.29, 0.717) is 0 Å². The summed E-state index contributed by atoms with van der Waals surface area (Å²) in [5, 5.41) is 10.8. The molecule has 0 amide bonds. The molecule has 2 aromatic rings. The zero-order chi connectivity index (χ0) is 11.9. The van der Waals surface area contributed by atoms with Crippen LogP contribution in [0.25, 0.3) is 0 Å². The van der Waals surface area contributed by atoms with Crippen LogP contribution < -0.4 is 5.32 Å². The van der Waals surface area contributed by atoms with Gasteiger partial charge < -0.3 is 5.32 Å². The number of nitrogens with zero attached hydrogens (tertiary/aromatic N) is 2. The molecule has 0 spiro atoms. The van der Waals surface area contributed by atoms with E-state index in [1.807, 2.05) is 24.3 Å². The molecule has 90 valence electrons. The van der Waals surface area contributed by atoms with Gasteiger partial charge in [0.1, 0.15) is 12.2 Å². The Hall–Kier alpha value is -1.39. The van der Waals surface area contributed by atoms with Crippen LogP contribution in [0.1, 0.15) is 17.8 Å². The number of halogens is 1. The summed E-state index contributed by atoms with van der Waals surface area (Å²) >= 11 is 5.82. The molecule has 0 aliphatic rings. The fourth-order valence-corrected chi connectivity index (χ4v) is 1.69. The fraction of sp³-hybridized carbons (Fsp3) is 0.333. The van der Waals surface area contributed by atoms with E-state index in [2.05, 4.69) is 20.5 Å². The number of hydrogen-bond donors (Lipinski definition) is 2. The smallest absolute Gasteiger partial charge is 0.137 e. The molecule has 1 aromatic heterocycles. The van der Waals surface area contributed by atoms with Crippen LogP contribution in [0.15, 0.2) is 30.6 Å². The van der Waals surface area contributed by atoms with Gasteiger partial charge in [-0.25, -0.2) is 4.98 Å². The van der Waals surface area contributed by atoms with Gasteiger partial charge in [0.25, 0.3) is 0 Å². The third-order valence-corrected chi connectivity index (χ3v) is 2.73. The highest BCUT2D eigenvalue weighted by Gasteiger charge is 1.96. The molecule has 0 aliphatic carbocycles. The van der Waals surface area contributed by atoms with E-state index in [1.165, 1.54) is 11.9 Å². The number of aromatic amines is 1. The highest BCUT2D eigenvalue weighted by molar-refractivity contribution is 6.30. The lowest BCUT2D eigenvalue weighted by Gasteiger charge is -2.04. The Bertz CT molecular complexity index is 424. The van der Waals surface area contributed by atoms with Gasteiger partial charge in [-0.1, -0.05) is 23.7 Å². The van der Waals surface area contributed by atoms with Crippen molar-refractivity contribution in [1.82, 2.24) is 20.5 Å². The zero-order valence-electron chi connectivity index (χ0n) is 9.49. The quantitative estimate of drug-likeness (QED) is 0.773. The standard InChI is InChI=1S/C12H15ClN4/c13-11-5-3-10(4-6-11)8-14-7-1-2-12-15-9-16-17-12/h3-6,9,14H,1-2,7-8H2,(H,15,16,17). The monoisotopic (exact) mass is 250 g/mol. The molecule has 17 heavy (non-hydrogen) atoms. The lowest BCUT2D eigenvalue weighted by atomic mass is 10.2. The molecule has 0 radical (unpaired) electrons. The molecule has 1 aromatic carbocycles. The van der Waals surface area contributed by atoms with Gasteiger partial charge in [0.15, 0.2) is 0 Å². The maximum atomic E-state index is 5.82. The van der Waals surface area contributed by atoms with Crippen LogP contribution in [0.2, 0.25) is 5.02 Å². The molecule has 0 bridgehead atoms. The lowest BCUT2D eigenvalue weighted by Crippen LogP contribution is -2.15. The summed E-state index contributed by atoms with van der Waals surface area (Å²) < 4.78 is 0. The predicted octanol–water partition coefficient (Wildman–Crippen LogP) is 2.18.